The van der Waals surface area contributed by atoms with E-state index in [0.717, 1.165) is 56.3 Å². The minimum Gasteiger partial charge on any atom is -0.369 e. The Morgan fingerprint density at radius 2 is 1.92 bits per heavy atom. The summed E-state index contributed by atoms with van der Waals surface area (Å²) in [5.74, 6) is 0.0899. The molecule has 1 saturated carbocycles. The molecule has 1 amide bonds. The van der Waals surface area contributed by atoms with Crippen molar-refractivity contribution in [3.05, 3.63) is 17.0 Å². The first-order chi connectivity index (χ1) is 12.1. The van der Waals surface area contributed by atoms with Crippen molar-refractivity contribution in [3.63, 3.8) is 0 Å². The van der Waals surface area contributed by atoms with Gasteiger partial charge in [-0.25, -0.2) is 0 Å². The van der Waals surface area contributed by atoms with Crippen molar-refractivity contribution in [2.45, 2.75) is 70.6 Å². The molecule has 1 N–H and O–H groups in total. The van der Waals surface area contributed by atoms with Crippen LogP contribution in [0.3, 0.4) is 0 Å². The molecule has 4 rings (SSSR count). The molecule has 6 heteroatoms. The lowest BCUT2D eigenvalue weighted by molar-refractivity contribution is -0.00702. The Bertz CT molecular complexity index is 623. The van der Waals surface area contributed by atoms with Gasteiger partial charge in [0.15, 0.2) is 5.69 Å². The van der Waals surface area contributed by atoms with Crippen LogP contribution in [0.15, 0.2) is 0 Å². The molecule has 2 aliphatic heterocycles. The summed E-state index contributed by atoms with van der Waals surface area (Å²) in [7, 11) is 0. The molecule has 3 heterocycles. The van der Waals surface area contributed by atoms with Crippen LogP contribution in [-0.2, 0) is 11.2 Å². The molecule has 2 atom stereocenters. The van der Waals surface area contributed by atoms with E-state index in [-0.39, 0.29) is 18.1 Å². The molecular formula is C19H30N4O2. The van der Waals surface area contributed by atoms with Crippen LogP contribution < -0.4 is 0 Å². The lowest BCUT2D eigenvalue weighted by Crippen LogP contribution is -2.39. The Kier molecular flexibility index (Phi) is 4.82. The SMILES string of the molecule is C[C@@H]1Cc2c(C(=O)N3CCCN(C4CCCC4)CC3)n[nH]c2[C@H](C)O1. The summed E-state index contributed by atoms with van der Waals surface area (Å²) >= 11 is 0. The summed E-state index contributed by atoms with van der Waals surface area (Å²) in [6.45, 7) is 7.86. The van der Waals surface area contributed by atoms with Gasteiger partial charge < -0.3 is 9.64 Å². The summed E-state index contributed by atoms with van der Waals surface area (Å²) in [6, 6.07) is 0.743. The maximum Gasteiger partial charge on any atom is 0.274 e. The van der Waals surface area contributed by atoms with Crippen LogP contribution in [0.4, 0.5) is 0 Å². The Morgan fingerprint density at radius 3 is 2.72 bits per heavy atom. The largest absolute Gasteiger partial charge is 0.369 e. The number of fused-ring (bicyclic) bond motifs is 1. The molecule has 6 nitrogen and oxygen atoms in total. The van der Waals surface area contributed by atoms with E-state index in [0.29, 0.717) is 5.69 Å². The average molecular weight is 346 g/mol. The van der Waals surface area contributed by atoms with Crippen molar-refractivity contribution in [1.29, 1.82) is 0 Å². The van der Waals surface area contributed by atoms with Gasteiger partial charge in [-0.05, 0) is 33.1 Å². The number of nitrogens with zero attached hydrogens (tertiary/aromatic N) is 3. The zero-order chi connectivity index (χ0) is 17.4. The third-order valence-corrected chi connectivity index (χ3v) is 6.10. The van der Waals surface area contributed by atoms with Gasteiger partial charge in [0, 0.05) is 44.2 Å². The van der Waals surface area contributed by atoms with Crippen LogP contribution in [0.25, 0.3) is 0 Å². The fourth-order valence-electron chi connectivity index (χ4n) is 4.78. The Hall–Kier alpha value is -1.40. The summed E-state index contributed by atoms with van der Waals surface area (Å²) < 4.78 is 5.84. The highest BCUT2D eigenvalue weighted by Crippen LogP contribution is 2.31. The van der Waals surface area contributed by atoms with Crippen LogP contribution in [0, 0.1) is 0 Å². The van der Waals surface area contributed by atoms with E-state index in [1.165, 1.54) is 25.7 Å². The lowest BCUT2D eigenvalue weighted by atomic mass is 9.99. The van der Waals surface area contributed by atoms with Gasteiger partial charge in [0.2, 0.25) is 0 Å². The molecule has 0 radical (unpaired) electrons. The van der Waals surface area contributed by atoms with Crippen molar-refractivity contribution < 1.29 is 9.53 Å². The van der Waals surface area contributed by atoms with E-state index in [1.807, 2.05) is 11.8 Å². The Balaban J connectivity index is 1.46. The fraction of sp³-hybridized carbons (Fsp3) is 0.789. The smallest absolute Gasteiger partial charge is 0.274 e. The molecule has 0 unspecified atom stereocenters. The number of hydrogen-bond acceptors (Lipinski definition) is 4. The number of amides is 1. The highest BCUT2D eigenvalue weighted by Gasteiger charge is 2.32. The molecule has 0 bridgehead atoms. The van der Waals surface area contributed by atoms with E-state index < -0.39 is 0 Å². The van der Waals surface area contributed by atoms with Crippen LogP contribution in [-0.4, -0.2) is 64.2 Å². The van der Waals surface area contributed by atoms with Gasteiger partial charge in [0.25, 0.3) is 5.91 Å². The van der Waals surface area contributed by atoms with Crippen LogP contribution in [0.2, 0.25) is 0 Å². The van der Waals surface area contributed by atoms with Gasteiger partial charge in [-0.15, -0.1) is 0 Å². The number of H-pyrrole nitrogens is 1. The second kappa shape index (κ2) is 7.08. The van der Waals surface area contributed by atoms with Crippen LogP contribution in [0.1, 0.15) is 73.8 Å². The predicted octanol–water partition coefficient (Wildman–Crippen LogP) is 2.52. The van der Waals surface area contributed by atoms with Gasteiger partial charge in [0.1, 0.15) is 0 Å². The molecule has 0 spiro atoms. The quantitative estimate of drug-likeness (QED) is 0.894. The van der Waals surface area contributed by atoms with E-state index in [9.17, 15) is 4.79 Å². The molecule has 1 aromatic rings. The van der Waals surface area contributed by atoms with Crippen LogP contribution in [0.5, 0.6) is 0 Å². The topological polar surface area (TPSA) is 61.5 Å². The van der Waals surface area contributed by atoms with E-state index in [1.54, 1.807) is 0 Å². The zero-order valence-electron chi connectivity index (χ0n) is 15.5. The average Bonchev–Trinajstić information content (AvgIpc) is 3.19. The number of carbonyl (C=O) groups excluding carboxylic acids is 1. The van der Waals surface area contributed by atoms with Crippen molar-refractivity contribution >= 4 is 5.91 Å². The monoisotopic (exact) mass is 346 g/mol. The van der Waals surface area contributed by atoms with Gasteiger partial charge >= 0.3 is 0 Å². The first kappa shape index (κ1) is 17.0. The van der Waals surface area contributed by atoms with Crippen molar-refractivity contribution in [1.82, 2.24) is 20.0 Å². The molecular weight excluding hydrogens is 316 g/mol. The fourth-order valence-corrected chi connectivity index (χ4v) is 4.78. The summed E-state index contributed by atoms with van der Waals surface area (Å²) in [6.07, 6.45) is 7.32. The van der Waals surface area contributed by atoms with Crippen molar-refractivity contribution in [2.24, 2.45) is 0 Å². The van der Waals surface area contributed by atoms with E-state index >= 15 is 0 Å². The third kappa shape index (κ3) is 3.34. The maximum absolute atomic E-state index is 13.1. The van der Waals surface area contributed by atoms with Crippen molar-refractivity contribution in [2.75, 3.05) is 26.2 Å². The molecule has 25 heavy (non-hydrogen) atoms. The predicted molar refractivity (Wildman–Crippen MR) is 95.6 cm³/mol. The first-order valence-corrected chi connectivity index (χ1v) is 9.89. The number of aromatic amines is 1. The van der Waals surface area contributed by atoms with Gasteiger partial charge in [0.05, 0.1) is 17.9 Å². The number of hydrogen-bond donors (Lipinski definition) is 1. The second-order valence-electron chi connectivity index (χ2n) is 7.88. The van der Waals surface area contributed by atoms with E-state index in [2.05, 4.69) is 22.0 Å². The minimum atomic E-state index is -0.0187. The van der Waals surface area contributed by atoms with Gasteiger partial charge in [-0.1, -0.05) is 12.8 Å². The molecule has 0 aromatic carbocycles. The number of nitrogens with one attached hydrogen (secondary N) is 1. The first-order valence-electron chi connectivity index (χ1n) is 9.89. The molecule has 2 fully saturated rings. The van der Waals surface area contributed by atoms with Gasteiger partial charge in [-0.2, -0.15) is 5.10 Å². The van der Waals surface area contributed by atoms with Crippen molar-refractivity contribution in [3.8, 4) is 0 Å². The molecule has 1 aliphatic carbocycles. The zero-order valence-corrected chi connectivity index (χ0v) is 15.5. The number of ether oxygens (including phenoxy) is 1. The number of carbonyl (C=O) groups is 1. The minimum absolute atomic E-state index is 0.0187. The summed E-state index contributed by atoms with van der Waals surface area (Å²) in [4.78, 5) is 17.7. The van der Waals surface area contributed by atoms with Crippen LogP contribution >= 0.6 is 0 Å². The molecule has 1 aromatic heterocycles. The normalized spacial score (nSPS) is 28.8. The maximum atomic E-state index is 13.1. The Morgan fingerprint density at radius 1 is 1.12 bits per heavy atom. The summed E-state index contributed by atoms with van der Waals surface area (Å²) in [5, 5.41) is 7.43. The Labute approximate surface area is 149 Å². The highest BCUT2D eigenvalue weighted by atomic mass is 16.5. The third-order valence-electron chi connectivity index (χ3n) is 6.10. The van der Waals surface area contributed by atoms with Gasteiger partial charge in [-0.3, -0.25) is 14.8 Å². The number of rotatable bonds is 2. The lowest BCUT2D eigenvalue weighted by Gasteiger charge is -2.27. The van der Waals surface area contributed by atoms with E-state index in [4.69, 9.17) is 4.74 Å². The molecule has 138 valence electrons. The standard InChI is InChI=1S/C19H30N4O2/c1-13-12-16-17(14(2)25-13)20-21-18(16)19(24)23-9-5-8-22(10-11-23)15-6-3-4-7-15/h13-15H,3-12H2,1-2H3,(H,20,21)/t13-,14+/m1/s1. The highest BCUT2D eigenvalue weighted by molar-refractivity contribution is 5.94. The summed E-state index contributed by atoms with van der Waals surface area (Å²) in [5.41, 5.74) is 2.66. The number of aromatic nitrogens is 2. The second-order valence-corrected chi connectivity index (χ2v) is 7.88. The molecule has 3 aliphatic rings. The molecule has 1 saturated heterocycles.